The van der Waals surface area contributed by atoms with Gasteiger partial charge in [-0.1, -0.05) is 32.1 Å². The van der Waals surface area contributed by atoms with Crippen LogP contribution < -0.4 is 0 Å². The molecule has 0 aromatic heterocycles. The Morgan fingerprint density at radius 2 is 2.38 bits per heavy atom. The Balaban J connectivity index is 3.40. The third kappa shape index (κ3) is 4.00. The van der Waals surface area contributed by atoms with Crippen LogP contribution in [-0.4, -0.2) is 0 Å². The van der Waals surface area contributed by atoms with Crippen molar-refractivity contribution in [2.45, 2.75) is 19.8 Å². The monoisotopic (exact) mass is 128 g/mol. The average Bonchev–Trinajstić information content (AvgIpc) is 1.83. The van der Waals surface area contributed by atoms with Crippen molar-refractivity contribution in [3.05, 3.63) is 23.6 Å². The lowest BCUT2D eigenvalue weighted by Crippen LogP contribution is -1.63. The fourth-order valence-electron chi connectivity index (χ4n) is 0.376. The molecule has 0 radical (unpaired) electrons. The topological polar surface area (TPSA) is 0 Å². The van der Waals surface area contributed by atoms with Gasteiger partial charge in [0.1, 0.15) is 0 Å². The van der Waals surface area contributed by atoms with Crippen molar-refractivity contribution in [1.29, 1.82) is 0 Å². The third-order valence-corrected chi connectivity index (χ3v) is 1.22. The van der Waals surface area contributed by atoms with Gasteiger partial charge in [0, 0.05) is 0 Å². The molecule has 46 valence electrons. The van der Waals surface area contributed by atoms with Gasteiger partial charge in [-0.3, -0.25) is 0 Å². The van der Waals surface area contributed by atoms with Gasteiger partial charge in [0.2, 0.25) is 0 Å². The van der Waals surface area contributed by atoms with Crippen LogP contribution in [0.25, 0.3) is 0 Å². The van der Waals surface area contributed by atoms with Gasteiger partial charge in [0.15, 0.2) is 0 Å². The molecule has 0 N–H and O–H groups in total. The molecule has 0 atom stereocenters. The normalized spacial score (nSPS) is 11.5. The quantitative estimate of drug-likeness (QED) is 0.438. The number of rotatable bonds is 3. The smallest absolute Gasteiger partial charge is 0.000589 e. The molecule has 0 rings (SSSR count). The van der Waals surface area contributed by atoms with E-state index in [1.54, 1.807) is 6.08 Å². The van der Waals surface area contributed by atoms with Crippen molar-refractivity contribution in [2.75, 3.05) is 0 Å². The number of unbranched alkanes of at least 4 members (excludes halogenated alkanes) is 1. The standard InChI is InChI=1S/C7H12S/c1-3-5-6-7(8)4-2/h4,6,8H,2-3,5H2,1H3/b7-6+. The molecule has 0 saturated carbocycles. The van der Waals surface area contributed by atoms with Gasteiger partial charge >= 0.3 is 0 Å². The zero-order valence-corrected chi connectivity index (χ0v) is 6.12. The summed E-state index contributed by atoms with van der Waals surface area (Å²) in [4.78, 5) is 0.979. The molecular weight excluding hydrogens is 116 g/mol. The van der Waals surface area contributed by atoms with Crippen molar-refractivity contribution in [3.63, 3.8) is 0 Å². The van der Waals surface area contributed by atoms with E-state index in [-0.39, 0.29) is 0 Å². The second-order valence-electron chi connectivity index (χ2n) is 1.62. The van der Waals surface area contributed by atoms with E-state index in [1.807, 2.05) is 0 Å². The number of allylic oxidation sites excluding steroid dienone is 2. The summed E-state index contributed by atoms with van der Waals surface area (Å²) in [7, 11) is 0. The minimum Gasteiger partial charge on any atom is -0.144 e. The largest absolute Gasteiger partial charge is 0.144 e. The Bertz CT molecular complexity index is 92.6. The Morgan fingerprint density at radius 1 is 1.75 bits per heavy atom. The highest BCUT2D eigenvalue weighted by atomic mass is 32.1. The molecule has 0 unspecified atom stereocenters. The van der Waals surface area contributed by atoms with Gasteiger partial charge in [0.05, 0.1) is 0 Å². The maximum absolute atomic E-state index is 4.11. The van der Waals surface area contributed by atoms with Crippen molar-refractivity contribution >= 4 is 12.6 Å². The summed E-state index contributed by atoms with van der Waals surface area (Å²) < 4.78 is 0. The number of hydrogen-bond donors (Lipinski definition) is 1. The van der Waals surface area contributed by atoms with Crippen LogP contribution in [0, 0.1) is 0 Å². The minimum atomic E-state index is 0.979. The molecule has 0 aliphatic heterocycles. The van der Waals surface area contributed by atoms with E-state index < -0.39 is 0 Å². The zero-order chi connectivity index (χ0) is 6.41. The first-order valence-corrected chi connectivity index (χ1v) is 3.27. The second kappa shape index (κ2) is 4.98. The fourth-order valence-corrected chi connectivity index (χ4v) is 0.505. The first kappa shape index (κ1) is 7.83. The molecule has 1 heteroatoms. The molecule has 0 aromatic rings. The fraction of sp³-hybridized carbons (Fsp3) is 0.429. The minimum absolute atomic E-state index is 0.979. The van der Waals surface area contributed by atoms with Crippen molar-refractivity contribution in [1.82, 2.24) is 0 Å². The highest BCUT2D eigenvalue weighted by Crippen LogP contribution is 2.02. The van der Waals surface area contributed by atoms with E-state index in [4.69, 9.17) is 0 Å². The molecule has 0 aromatic carbocycles. The van der Waals surface area contributed by atoms with Crippen molar-refractivity contribution < 1.29 is 0 Å². The highest BCUT2D eigenvalue weighted by Gasteiger charge is 1.77. The Labute approximate surface area is 56.7 Å². The summed E-state index contributed by atoms with van der Waals surface area (Å²) in [5.41, 5.74) is 0. The van der Waals surface area contributed by atoms with Crippen LogP contribution in [0.1, 0.15) is 19.8 Å². The molecule has 0 aliphatic carbocycles. The van der Waals surface area contributed by atoms with Gasteiger partial charge in [-0.05, 0) is 11.3 Å². The summed E-state index contributed by atoms with van der Waals surface area (Å²) >= 11 is 4.11. The Kier molecular flexibility index (Phi) is 4.87. The van der Waals surface area contributed by atoms with Crippen LogP contribution in [0.2, 0.25) is 0 Å². The molecule has 8 heavy (non-hydrogen) atoms. The SMILES string of the molecule is C=C/C(S)=C\CCC. The van der Waals surface area contributed by atoms with Gasteiger partial charge in [0.25, 0.3) is 0 Å². The third-order valence-electron chi connectivity index (χ3n) is 0.851. The van der Waals surface area contributed by atoms with Gasteiger partial charge < -0.3 is 0 Å². The molecule has 0 saturated heterocycles. The lowest BCUT2D eigenvalue weighted by molar-refractivity contribution is 0.958. The summed E-state index contributed by atoms with van der Waals surface area (Å²) in [5, 5.41) is 0. The number of hydrogen-bond acceptors (Lipinski definition) is 1. The van der Waals surface area contributed by atoms with Crippen LogP contribution in [-0.2, 0) is 0 Å². The van der Waals surface area contributed by atoms with Crippen molar-refractivity contribution in [3.8, 4) is 0 Å². The second-order valence-corrected chi connectivity index (χ2v) is 2.14. The summed E-state index contributed by atoms with van der Waals surface area (Å²) in [6, 6.07) is 0. The van der Waals surface area contributed by atoms with Gasteiger partial charge in [-0.15, -0.1) is 12.6 Å². The van der Waals surface area contributed by atoms with E-state index in [2.05, 4.69) is 32.2 Å². The molecule has 0 spiro atoms. The van der Waals surface area contributed by atoms with Crippen LogP contribution in [0.15, 0.2) is 23.6 Å². The lowest BCUT2D eigenvalue weighted by atomic mass is 10.3. The zero-order valence-electron chi connectivity index (χ0n) is 5.22. The van der Waals surface area contributed by atoms with Crippen LogP contribution in [0.5, 0.6) is 0 Å². The summed E-state index contributed by atoms with van der Waals surface area (Å²) in [5.74, 6) is 0. The first-order chi connectivity index (χ1) is 3.81. The highest BCUT2D eigenvalue weighted by molar-refractivity contribution is 7.84. The van der Waals surface area contributed by atoms with E-state index >= 15 is 0 Å². The Morgan fingerprint density at radius 3 is 2.75 bits per heavy atom. The van der Waals surface area contributed by atoms with Crippen LogP contribution >= 0.6 is 12.6 Å². The molecule has 0 aliphatic rings. The van der Waals surface area contributed by atoms with E-state index in [0.29, 0.717) is 0 Å². The molecule has 0 nitrogen and oxygen atoms in total. The molecule has 0 amide bonds. The maximum atomic E-state index is 4.11. The maximum Gasteiger partial charge on any atom is -0.000589 e. The molecule has 0 bridgehead atoms. The first-order valence-electron chi connectivity index (χ1n) is 2.82. The van der Waals surface area contributed by atoms with E-state index in [0.717, 1.165) is 11.3 Å². The van der Waals surface area contributed by atoms with Crippen molar-refractivity contribution in [2.24, 2.45) is 0 Å². The van der Waals surface area contributed by atoms with E-state index in [1.165, 1.54) is 6.42 Å². The lowest BCUT2D eigenvalue weighted by Gasteiger charge is -1.86. The Hall–Kier alpha value is -0.170. The predicted molar refractivity (Wildman–Crippen MR) is 42.2 cm³/mol. The van der Waals surface area contributed by atoms with E-state index in [9.17, 15) is 0 Å². The predicted octanol–water partition coefficient (Wildman–Crippen LogP) is 2.79. The average molecular weight is 128 g/mol. The summed E-state index contributed by atoms with van der Waals surface area (Å²) in [6.45, 7) is 5.71. The molecule has 0 fully saturated rings. The van der Waals surface area contributed by atoms with Gasteiger partial charge in [-0.25, -0.2) is 0 Å². The molecule has 0 heterocycles. The number of thiol groups is 1. The van der Waals surface area contributed by atoms with Crippen LogP contribution in [0.3, 0.4) is 0 Å². The van der Waals surface area contributed by atoms with Crippen LogP contribution in [0.4, 0.5) is 0 Å². The molecular formula is C7H12S. The van der Waals surface area contributed by atoms with Gasteiger partial charge in [-0.2, -0.15) is 0 Å². The summed E-state index contributed by atoms with van der Waals surface area (Å²) in [6.07, 6.45) is 6.09.